The van der Waals surface area contributed by atoms with Crippen molar-refractivity contribution in [2.75, 3.05) is 5.73 Å². The Morgan fingerprint density at radius 3 is 2.33 bits per heavy atom. The van der Waals surface area contributed by atoms with E-state index in [1.165, 1.54) is 24.3 Å². The number of halogens is 1. The van der Waals surface area contributed by atoms with E-state index >= 15 is 0 Å². The average molecular weight is 386 g/mol. The molecule has 0 aromatic heterocycles. The number of anilines is 1. The number of benzene rings is 3. The first kappa shape index (κ1) is 18.9. The lowest BCUT2D eigenvalue weighted by Gasteiger charge is -2.10. The fourth-order valence-corrected chi connectivity index (χ4v) is 3.42. The van der Waals surface area contributed by atoms with Gasteiger partial charge in [0, 0.05) is 12.2 Å². The van der Waals surface area contributed by atoms with Crippen LogP contribution in [0.2, 0.25) is 0 Å². The summed E-state index contributed by atoms with van der Waals surface area (Å²) in [7, 11) is -3.63. The fraction of sp³-hybridized carbons (Fsp3) is 0.100. The molecule has 0 unspecified atom stereocenters. The highest BCUT2D eigenvalue weighted by Gasteiger charge is 2.13. The maximum atomic E-state index is 12.9. The number of ether oxygens (including phenoxy) is 1. The number of rotatable bonds is 7. The summed E-state index contributed by atoms with van der Waals surface area (Å²) in [4.78, 5) is 0.153. The zero-order chi connectivity index (χ0) is 19.3. The van der Waals surface area contributed by atoms with Gasteiger partial charge in [0.25, 0.3) is 0 Å². The first-order valence-corrected chi connectivity index (χ1v) is 9.72. The van der Waals surface area contributed by atoms with Crippen molar-refractivity contribution >= 4 is 15.7 Å². The number of nitrogen functional groups attached to an aromatic ring is 1. The van der Waals surface area contributed by atoms with Crippen molar-refractivity contribution in [1.82, 2.24) is 4.72 Å². The molecule has 5 nitrogen and oxygen atoms in total. The Labute approximate surface area is 157 Å². The molecular weight excluding hydrogens is 367 g/mol. The molecule has 0 bridgehead atoms. The van der Waals surface area contributed by atoms with Gasteiger partial charge >= 0.3 is 0 Å². The summed E-state index contributed by atoms with van der Waals surface area (Å²) in [5.41, 5.74) is 7.68. The summed E-state index contributed by atoms with van der Waals surface area (Å²) in [6.07, 6.45) is 0. The maximum Gasteiger partial charge on any atom is 0.240 e. The van der Waals surface area contributed by atoms with Gasteiger partial charge in [0.15, 0.2) is 0 Å². The molecule has 3 aromatic rings. The van der Waals surface area contributed by atoms with Gasteiger partial charge in [0.05, 0.1) is 4.90 Å². The predicted octanol–water partition coefficient (Wildman–Crippen LogP) is 3.47. The molecule has 0 radical (unpaired) electrons. The van der Waals surface area contributed by atoms with Crippen molar-refractivity contribution in [1.29, 1.82) is 0 Å². The molecule has 3 rings (SSSR count). The molecule has 3 N–H and O–H groups in total. The molecule has 7 heteroatoms. The minimum absolute atomic E-state index is 0.125. The normalized spacial score (nSPS) is 11.3. The molecule has 0 fully saturated rings. The van der Waals surface area contributed by atoms with Gasteiger partial charge in [0.2, 0.25) is 10.0 Å². The third-order valence-corrected chi connectivity index (χ3v) is 5.29. The lowest BCUT2D eigenvalue weighted by Crippen LogP contribution is -2.23. The van der Waals surface area contributed by atoms with Gasteiger partial charge in [-0.25, -0.2) is 17.5 Å². The highest BCUT2D eigenvalue weighted by atomic mass is 32.2. The van der Waals surface area contributed by atoms with Crippen LogP contribution in [0.4, 0.5) is 10.1 Å². The molecule has 27 heavy (non-hydrogen) atoms. The number of hydrogen-bond donors (Lipinski definition) is 2. The standard InChI is InChI=1S/C20H19FN2O3S/c21-17-6-4-15(5-7-17)14-26-19-3-1-2-16(12-19)13-23-27(24,25)20-10-8-18(22)9-11-20/h1-12,23H,13-14,22H2. The SMILES string of the molecule is Nc1ccc(S(=O)(=O)NCc2cccc(OCc3ccc(F)cc3)c2)cc1. The van der Waals surface area contributed by atoms with Crippen molar-refractivity contribution in [2.45, 2.75) is 18.0 Å². The Morgan fingerprint density at radius 2 is 1.63 bits per heavy atom. The van der Waals surface area contributed by atoms with Gasteiger partial charge < -0.3 is 10.5 Å². The molecule has 0 amide bonds. The van der Waals surface area contributed by atoms with E-state index in [-0.39, 0.29) is 17.3 Å². The van der Waals surface area contributed by atoms with Gasteiger partial charge in [-0.15, -0.1) is 0 Å². The van der Waals surface area contributed by atoms with Crippen LogP contribution in [0.1, 0.15) is 11.1 Å². The van der Waals surface area contributed by atoms with Crippen LogP contribution in [-0.2, 0) is 23.2 Å². The van der Waals surface area contributed by atoms with Crippen LogP contribution in [0.5, 0.6) is 5.75 Å². The van der Waals surface area contributed by atoms with Gasteiger partial charge in [-0.3, -0.25) is 0 Å². The van der Waals surface area contributed by atoms with Crippen molar-refractivity contribution in [3.8, 4) is 5.75 Å². The fourth-order valence-electron chi connectivity index (χ4n) is 2.40. The van der Waals surface area contributed by atoms with E-state index in [9.17, 15) is 12.8 Å². The topological polar surface area (TPSA) is 81.4 Å². The van der Waals surface area contributed by atoms with E-state index in [0.29, 0.717) is 18.0 Å². The van der Waals surface area contributed by atoms with Crippen molar-refractivity contribution < 1.29 is 17.5 Å². The molecule has 0 spiro atoms. The zero-order valence-electron chi connectivity index (χ0n) is 14.4. The van der Waals surface area contributed by atoms with Crippen LogP contribution < -0.4 is 15.2 Å². The summed E-state index contributed by atoms with van der Waals surface area (Å²) in [6, 6.07) is 19.2. The third kappa shape index (κ3) is 5.29. The van der Waals surface area contributed by atoms with Gasteiger partial charge in [0.1, 0.15) is 18.2 Å². The van der Waals surface area contributed by atoms with Crippen LogP contribution in [-0.4, -0.2) is 8.42 Å². The minimum Gasteiger partial charge on any atom is -0.489 e. The first-order chi connectivity index (χ1) is 12.9. The molecular formula is C20H19FN2O3S. The number of nitrogens with two attached hydrogens (primary N) is 1. The summed E-state index contributed by atoms with van der Waals surface area (Å²) >= 11 is 0. The molecule has 0 saturated heterocycles. The molecule has 0 atom stereocenters. The largest absolute Gasteiger partial charge is 0.489 e. The quantitative estimate of drug-likeness (QED) is 0.609. The van der Waals surface area contributed by atoms with E-state index in [2.05, 4.69) is 4.72 Å². The molecule has 0 aliphatic rings. The predicted molar refractivity (Wildman–Crippen MR) is 102 cm³/mol. The second-order valence-electron chi connectivity index (χ2n) is 5.96. The summed E-state index contributed by atoms with van der Waals surface area (Å²) < 4.78 is 45.8. The minimum atomic E-state index is -3.63. The van der Waals surface area contributed by atoms with Crippen molar-refractivity contribution in [2.24, 2.45) is 0 Å². The third-order valence-electron chi connectivity index (χ3n) is 3.87. The average Bonchev–Trinajstić information content (AvgIpc) is 2.67. The van der Waals surface area contributed by atoms with Gasteiger partial charge in [-0.2, -0.15) is 0 Å². The lowest BCUT2D eigenvalue weighted by molar-refractivity contribution is 0.305. The maximum absolute atomic E-state index is 12.9. The van der Waals surface area contributed by atoms with E-state index in [0.717, 1.165) is 11.1 Å². The molecule has 3 aromatic carbocycles. The molecule has 0 heterocycles. The van der Waals surface area contributed by atoms with Crippen LogP contribution in [0.3, 0.4) is 0 Å². The monoisotopic (exact) mass is 386 g/mol. The summed E-state index contributed by atoms with van der Waals surface area (Å²) in [5.74, 6) is 0.303. The molecule has 0 aliphatic carbocycles. The lowest BCUT2D eigenvalue weighted by atomic mass is 10.2. The molecule has 140 valence electrons. The first-order valence-electron chi connectivity index (χ1n) is 8.24. The van der Waals surface area contributed by atoms with E-state index < -0.39 is 10.0 Å². The molecule has 0 saturated carbocycles. The van der Waals surface area contributed by atoms with Crippen LogP contribution >= 0.6 is 0 Å². The Kier molecular flexibility index (Phi) is 5.73. The van der Waals surface area contributed by atoms with E-state index in [1.807, 2.05) is 0 Å². The van der Waals surface area contributed by atoms with Gasteiger partial charge in [-0.1, -0.05) is 24.3 Å². The van der Waals surface area contributed by atoms with Crippen molar-refractivity contribution in [3.63, 3.8) is 0 Å². The second-order valence-corrected chi connectivity index (χ2v) is 7.72. The van der Waals surface area contributed by atoms with E-state index in [1.54, 1.807) is 48.5 Å². The highest BCUT2D eigenvalue weighted by Crippen LogP contribution is 2.17. The van der Waals surface area contributed by atoms with Crippen LogP contribution in [0.15, 0.2) is 77.7 Å². The Hall–Kier alpha value is -2.90. The highest BCUT2D eigenvalue weighted by molar-refractivity contribution is 7.89. The summed E-state index contributed by atoms with van der Waals surface area (Å²) in [6.45, 7) is 0.418. The van der Waals surface area contributed by atoms with E-state index in [4.69, 9.17) is 10.5 Å². The number of sulfonamides is 1. The molecule has 0 aliphatic heterocycles. The Morgan fingerprint density at radius 1 is 0.926 bits per heavy atom. The zero-order valence-corrected chi connectivity index (χ0v) is 15.2. The Bertz CT molecular complexity index is 1000. The van der Waals surface area contributed by atoms with Crippen molar-refractivity contribution in [3.05, 3.63) is 89.7 Å². The summed E-state index contributed by atoms with van der Waals surface area (Å²) in [5, 5.41) is 0. The second kappa shape index (κ2) is 8.20. The smallest absolute Gasteiger partial charge is 0.240 e. The number of hydrogen-bond acceptors (Lipinski definition) is 4. The van der Waals surface area contributed by atoms with Crippen LogP contribution in [0, 0.1) is 5.82 Å². The Balaban J connectivity index is 1.61. The van der Waals surface area contributed by atoms with Gasteiger partial charge in [-0.05, 0) is 59.7 Å². The number of nitrogens with one attached hydrogen (secondary N) is 1. The van der Waals surface area contributed by atoms with Crippen LogP contribution in [0.25, 0.3) is 0 Å².